The molecule has 0 unspecified atom stereocenters. The van der Waals surface area contributed by atoms with Gasteiger partial charge in [-0.1, -0.05) is 12.1 Å². The van der Waals surface area contributed by atoms with E-state index in [1.54, 1.807) is 24.3 Å². The smallest absolute Gasteiger partial charge is 0.305 e. The fourth-order valence-corrected chi connectivity index (χ4v) is 3.36. The van der Waals surface area contributed by atoms with Gasteiger partial charge in [0.25, 0.3) is 0 Å². The van der Waals surface area contributed by atoms with Crippen molar-refractivity contribution in [3.63, 3.8) is 0 Å². The predicted octanol–water partition coefficient (Wildman–Crippen LogP) is 0.916. The number of nitrogen functional groups attached to an aromatic ring is 1. The molecule has 8 heteroatoms. The highest BCUT2D eigenvalue weighted by Gasteiger charge is 2.24. The maximum Gasteiger partial charge on any atom is 0.305 e. The molecule has 7 nitrogen and oxygen atoms in total. The third kappa shape index (κ3) is 5.24. The van der Waals surface area contributed by atoms with Gasteiger partial charge in [0.15, 0.2) is 0 Å². The van der Waals surface area contributed by atoms with Gasteiger partial charge >= 0.3 is 5.97 Å². The number of rotatable bonds is 9. The van der Waals surface area contributed by atoms with Gasteiger partial charge in [0.2, 0.25) is 10.0 Å². The number of nitrogens with zero attached hydrogens (tertiary/aromatic N) is 1. The van der Waals surface area contributed by atoms with Crippen LogP contribution in [-0.2, 0) is 19.6 Å². The van der Waals surface area contributed by atoms with Gasteiger partial charge in [-0.3, -0.25) is 9.10 Å². The zero-order valence-corrected chi connectivity index (χ0v) is 12.7. The maximum atomic E-state index is 12.4. The molecule has 0 fully saturated rings. The van der Waals surface area contributed by atoms with Crippen molar-refractivity contribution in [3.05, 3.63) is 24.3 Å². The normalized spacial score (nSPS) is 11.3. The monoisotopic (exact) mass is 316 g/mol. The molecule has 0 aliphatic heterocycles. The summed E-state index contributed by atoms with van der Waals surface area (Å²) < 4.78 is 30.7. The topological polar surface area (TPSA) is 110 Å². The molecule has 0 saturated heterocycles. The number of carboxylic acid groups (broad SMARTS) is 1. The Morgan fingerprint density at radius 3 is 2.62 bits per heavy atom. The second-order valence-electron chi connectivity index (χ2n) is 4.44. The Morgan fingerprint density at radius 1 is 1.38 bits per heavy atom. The summed E-state index contributed by atoms with van der Waals surface area (Å²) in [5.74, 6) is -1.20. The Bertz CT molecular complexity index is 574. The molecular formula is C13H20N2O5S. The van der Waals surface area contributed by atoms with Crippen molar-refractivity contribution < 1.29 is 23.1 Å². The summed E-state index contributed by atoms with van der Waals surface area (Å²) in [6, 6.07) is 6.48. The van der Waals surface area contributed by atoms with Crippen LogP contribution in [0, 0.1) is 0 Å². The number of nitrogens with two attached hydrogens (primary N) is 1. The van der Waals surface area contributed by atoms with E-state index in [9.17, 15) is 13.2 Å². The predicted molar refractivity (Wildman–Crippen MR) is 80.7 cm³/mol. The number of benzene rings is 1. The molecule has 118 valence electrons. The zero-order valence-electron chi connectivity index (χ0n) is 11.9. The van der Waals surface area contributed by atoms with Crippen molar-refractivity contribution in [1.29, 1.82) is 0 Å². The van der Waals surface area contributed by atoms with Crippen LogP contribution in [0.2, 0.25) is 0 Å². The fourth-order valence-electron chi connectivity index (χ4n) is 1.82. The van der Waals surface area contributed by atoms with E-state index in [-0.39, 0.29) is 18.7 Å². The quantitative estimate of drug-likeness (QED) is 0.518. The minimum atomic E-state index is -3.66. The standard InChI is InChI=1S/C13H20N2O5S/c1-20-9-4-10-21(18,19)15(8-7-13(16)17)12-6-3-2-5-11(12)14/h2-3,5-6H,4,7-10,14H2,1H3,(H,16,17). The molecule has 0 spiro atoms. The van der Waals surface area contributed by atoms with E-state index in [4.69, 9.17) is 15.6 Å². The van der Waals surface area contributed by atoms with E-state index >= 15 is 0 Å². The molecule has 0 atom stereocenters. The van der Waals surface area contributed by atoms with Gasteiger partial charge in [-0.25, -0.2) is 8.42 Å². The van der Waals surface area contributed by atoms with E-state index in [1.807, 2.05) is 0 Å². The number of para-hydroxylation sites is 2. The first-order valence-electron chi connectivity index (χ1n) is 6.44. The third-order valence-electron chi connectivity index (χ3n) is 2.82. The minimum absolute atomic E-state index is 0.130. The summed E-state index contributed by atoms with van der Waals surface area (Å²) in [7, 11) is -2.17. The molecule has 0 bridgehead atoms. The molecule has 0 aliphatic rings. The number of ether oxygens (including phenoxy) is 1. The lowest BCUT2D eigenvalue weighted by Crippen LogP contribution is -2.35. The molecule has 0 amide bonds. The van der Waals surface area contributed by atoms with Crippen LogP contribution in [0.15, 0.2) is 24.3 Å². The molecule has 0 aromatic heterocycles. The Labute approximate surface area is 124 Å². The van der Waals surface area contributed by atoms with Gasteiger partial charge in [-0.2, -0.15) is 0 Å². The number of hydrogen-bond acceptors (Lipinski definition) is 5. The lowest BCUT2D eigenvalue weighted by molar-refractivity contribution is -0.136. The van der Waals surface area contributed by atoms with Crippen molar-refractivity contribution in [2.24, 2.45) is 0 Å². The van der Waals surface area contributed by atoms with Gasteiger partial charge in [-0.05, 0) is 18.6 Å². The molecule has 1 aromatic carbocycles. The zero-order chi connectivity index (χ0) is 15.9. The Morgan fingerprint density at radius 2 is 2.05 bits per heavy atom. The van der Waals surface area contributed by atoms with E-state index < -0.39 is 16.0 Å². The van der Waals surface area contributed by atoms with Crippen molar-refractivity contribution in [2.75, 3.05) is 36.1 Å². The summed E-state index contributed by atoms with van der Waals surface area (Å²) >= 11 is 0. The number of carbonyl (C=O) groups is 1. The second-order valence-corrected chi connectivity index (χ2v) is 6.45. The summed E-state index contributed by atoms with van der Waals surface area (Å²) in [5.41, 5.74) is 6.39. The lowest BCUT2D eigenvalue weighted by Gasteiger charge is -2.25. The average Bonchev–Trinajstić information content (AvgIpc) is 2.40. The van der Waals surface area contributed by atoms with Crippen molar-refractivity contribution in [3.8, 4) is 0 Å². The van der Waals surface area contributed by atoms with Gasteiger partial charge in [0.05, 0.1) is 23.5 Å². The van der Waals surface area contributed by atoms with Crippen LogP contribution in [0.25, 0.3) is 0 Å². The molecule has 3 N–H and O–H groups in total. The van der Waals surface area contributed by atoms with E-state index in [0.29, 0.717) is 24.4 Å². The third-order valence-corrected chi connectivity index (χ3v) is 4.68. The van der Waals surface area contributed by atoms with Crippen LogP contribution < -0.4 is 10.0 Å². The summed E-state index contributed by atoms with van der Waals surface area (Å²) in [5, 5.41) is 8.79. The van der Waals surface area contributed by atoms with Crippen LogP contribution >= 0.6 is 0 Å². The number of methoxy groups -OCH3 is 1. The van der Waals surface area contributed by atoms with Crippen LogP contribution in [-0.4, -0.2) is 45.5 Å². The van der Waals surface area contributed by atoms with Crippen LogP contribution in [0.1, 0.15) is 12.8 Å². The number of anilines is 2. The Hall–Kier alpha value is -1.80. The first-order valence-corrected chi connectivity index (χ1v) is 8.05. The summed E-state index contributed by atoms with van der Waals surface area (Å²) in [6.07, 6.45) is 0.0347. The van der Waals surface area contributed by atoms with Crippen LogP contribution in [0.5, 0.6) is 0 Å². The lowest BCUT2D eigenvalue weighted by atomic mass is 10.2. The highest BCUT2D eigenvalue weighted by atomic mass is 32.2. The Kier molecular flexibility index (Phi) is 6.44. The molecule has 0 aliphatic carbocycles. The van der Waals surface area contributed by atoms with Gasteiger partial charge in [-0.15, -0.1) is 0 Å². The SMILES string of the molecule is COCCCS(=O)(=O)N(CCC(=O)O)c1ccccc1N. The van der Waals surface area contributed by atoms with Crippen molar-refractivity contribution in [2.45, 2.75) is 12.8 Å². The van der Waals surface area contributed by atoms with Crippen molar-refractivity contribution >= 4 is 27.4 Å². The summed E-state index contributed by atoms with van der Waals surface area (Å²) in [6.45, 7) is 0.162. The molecule has 21 heavy (non-hydrogen) atoms. The first kappa shape index (κ1) is 17.3. The molecule has 1 aromatic rings. The molecule has 1 rings (SSSR count). The number of hydrogen-bond donors (Lipinski definition) is 2. The van der Waals surface area contributed by atoms with E-state index in [1.165, 1.54) is 7.11 Å². The fraction of sp³-hybridized carbons (Fsp3) is 0.462. The molecule has 0 radical (unpaired) electrons. The number of aliphatic carboxylic acids is 1. The van der Waals surface area contributed by atoms with Crippen molar-refractivity contribution in [1.82, 2.24) is 0 Å². The van der Waals surface area contributed by atoms with Gasteiger partial charge < -0.3 is 15.6 Å². The van der Waals surface area contributed by atoms with Gasteiger partial charge in [0, 0.05) is 20.3 Å². The highest BCUT2D eigenvalue weighted by Crippen LogP contribution is 2.26. The molecular weight excluding hydrogens is 296 g/mol. The van der Waals surface area contributed by atoms with Gasteiger partial charge in [0.1, 0.15) is 0 Å². The maximum absolute atomic E-state index is 12.4. The molecule has 0 saturated carbocycles. The average molecular weight is 316 g/mol. The first-order chi connectivity index (χ1) is 9.88. The highest BCUT2D eigenvalue weighted by molar-refractivity contribution is 7.92. The van der Waals surface area contributed by atoms with Crippen LogP contribution in [0.3, 0.4) is 0 Å². The second kappa shape index (κ2) is 7.84. The van der Waals surface area contributed by atoms with Crippen LogP contribution in [0.4, 0.5) is 11.4 Å². The van der Waals surface area contributed by atoms with E-state index in [2.05, 4.69) is 0 Å². The summed E-state index contributed by atoms with van der Waals surface area (Å²) in [4.78, 5) is 10.7. The largest absolute Gasteiger partial charge is 0.481 e. The Balaban J connectivity index is 3.02. The minimum Gasteiger partial charge on any atom is -0.481 e. The number of sulfonamides is 1. The molecule has 0 heterocycles. The number of carboxylic acids is 1. The van der Waals surface area contributed by atoms with E-state index in [0.717, 1.165) is 4.31 Å².